The molecule has 0 spiro atoms. The van der Waals surface area contributed by atoms with E-state index in [4.69, 9.17) is 0 Å². The predicted octanol–water partition coefficient (Wildman–Crippen LogP) is 6.03. The highest BCUT2D eigenvalue weighted by molar-refractivity contribution is 6.00. The Morgan fingerprint density at radius 1 is 0.571 bits per heavy atom. The molecule has 0 aliphatic carbocycles. The van der Waals surface area contributed by atoms with Gasteiger partial charge in [-0.05, 0) is 46.5 Å². The standard InChI is InChI=1S/C26H19NO/c1-27-24-15-9-8-14-20(24)26(28)23-16-21(18-10-4-2-5-11-18)22(17-25(23)27)19-12-6-3-7-13-19/h2-17H,1H3. The molecular formula is C26H19NO. The molecule has 4 aromatic carbocycles. The number of nitrogens with zero attached hydrogens (tertiary/aromatic N) is 1. The van der Waals surface area contributed by atoms with E-state index in [1.807, 2.05) is 67.7 Å². The van der Waals surface area contributed by atoms with E-state index >= 15 is 0 Å². The normalized spacial score (nSPS) is 11.2. The maximum Gasteiger partial charge on any atom is 0.197 e. The van der Waals surface area contributed by atoms with Crippen molar-refractivity contribution in [2.24, 2.45) is 7.05 Å². The van der Waals surface area contributed by atoms with Crippen LogP contribution in [0.2, 0.25) is 0 Å². The number of para-hydroxylation sites is 1. The molecule has 0 amide bonds. The fourth-order valence-electron chi connectivity index (χ4n) is 3.99. The number of benzene rings is 4. The van der Waals surface area contributed by atoms with E-state index in [1.165, 1.54) is 0 Å². The molecule has 28 heavy (non-hydrogen) atoms. The lowest BCUT2D eigenvalue weighted by Gasteiger charge is -2.16. The van der Waals surface area contributed by atoms with Gasteiger partial charge in [-0.1, -0.05) is 72.8 Å². The Balaban J connectivity index is 1.96. The molecule has 0 fully saturated rings. The van der Waals surface area contributed by atoms with E-state index < -0.39 is 0 Å². The van der Waals surface area contributed by atoms with Crippen LogP contribution in [0.3, 0.4) is 0 Å². The van der Waals surface area contributed by atoms with Gasteiger partial charge in [-0.3, -0.25) is 4.79 Å². The molecule has 0 aliphatic rings. The van der Waals surface area contributed by atoms with Crippen LogP contribution in [0.15, 0.2) is 102 Å². The first kappa shape index (κ1) is 16.5. The van der Waals surface area contributed by atoms with Gasteiger partial charge in [0.25, 0.3) is 0 Å². The number of aromatic nitrogens is 1. The quantitative estimate of drug-likeness (QED) is 0.352. The van der Waals surface area contributed by atoms with Crippen LogP contribution in [-0.4, -0.2) is 4.57 Å². The number of pyridine rings is 1. The number of rotatable bonds is 2. The minimum Gasteiger partial charge on any atom is -0.343 e. The summed E-state index contributed by atoms with van der Waals surface area (Å²) in [5.41, 5.74) is 6.44. The van der Waals surface area contributed by atoms with Crippen LogP contribution in [0.5, 0.6) is 0 Å². The molecule has 134 valence electrons. The Bertz CT molecular complexity index is 1370. The highest BCUT2D eigenvalue weighted by Gasteiger charge is 2.14. The van der Waals surface area contributed by atoms with Gasteiger partial charge in [0.05, 0.1) is 11.0 Å². The van der Waals surface area contributed by atoms with Gasteiger partial charge < -0.3 is 4.57 Å². The molecule has 1 aromatic heterocycles. The van der Waals surface area contributed by atoms with E-state index in [1.54, 1.807) is 0 Å². The maximum absolute atomic E-state index is 13.3. The summed E-state index contributed by atoms with van der Waals surface area (Å²) < 4.78 is 2.12. The lowest BCUT2D eigenvalue weighted by molar-refractivity contribution is 1.00. The maximum atomic E-state index is 13.3. The predicted molar refractivity (Wildman–Crippen MR) is 118 cm³/mol. The molecule has 0 saturated carbocycles. The van der Waals surface area contributed by atoms with E-state index in [2.05, 4.69) is 41.0 Å². The Morgan fingerprint density at radius 2 is 1.11 bits per heavy atom. The lowest BCUT2D eigenvalue weighted by atomic mass is 9.92. The van der Waals surface area contributed by atoms with E-state index in [0.717, 1.165) is 44.1 Å². The zero-order valence-corrected chi connectivity index (χ0v) is 15.6. The number of hydrogen-bond donors (Lipinski definition) is 0. The van der Waals surface area contributed by atoms with Crippen molar-refractivity contribution >= 4 is 21.8 Å². The van der Waals surface area contributed by atoms with E-state index in [0.29, 0.717) is 0 Å². The second-order valence-electron chi connectivity index (χ2n) is 7.05. The first-order chi connectivity index (χ1) is 13.7. The Kier molecular flexibility index (Phi) is 3.84. The Labute approximate surface area is 163 Å². The average molecular weight is 361 g/mol. The summed E-state index contributed by atoms with van der Waals surface area (Å²) in [6, 6.07) is 32.7. The van der Waals surface area contributed by atoms with Crippen molar-refractivity contribution in [1.82, 2.24) is 4.57 Å². The smallest absolute Gasteiger partial charge is 0.197 e. The monoisotopic (exact) mass is 361 g/mol. The van der Waals surface area contributed by atoms with Crippen LogP contribution in [0.1, 0.15) is 0 Å². The summed E-state index contributed by atoms with van der Waals surface area (Å²) in [5, 5.41) is 1.50. The SMILES string of the molecule is Cn1c2ccccc2c(=O)c2cc(-c3ccccc3)c(-c3ccccc3)cc21. The van der Waals surface area contributed by atoms with Crippen molar-refractivity contribution in [2.45, 2.75) is 0 Å². The molecule has 2 nitrogen and oxygen atoms in total. The van der Waals surface area contributed by atoms with Gasteiger partial charge in [-0.15, -0.1) is 0 Å². The molecule has 0 unspecified atom stereocenters. The number of aryl methyl sites for hydroxylation is 1. The van der Waals surface area contributed by atoms with Crippen molar-refractivity contribution in [3.8, 4) is 22.3 Å². The molecule has 1 heterocycles. The average Bonchev–Trinajstić information content (AvgIpc) is 2.78. The summed E-state index contributed by atoms with van der Waals surface area (Å²) in [7, 11) is 2.03. The van der Waals surface area contributed by atoms with Gasteiger partial charge in [0, 0.05) is 17.8 Å². The molecule has 0 bridgehead atoms. The Morgan fingerprint density at radius 3 is 1.75 bits per heavy atom. The summed E-state index contributed by atoms with van der Waals surface area (Å²) in [4.78, 5) is 13.3. The second kappa shape index (κ2) is 6.50. The molecule has 0 aliphatic heterocycles. The Hall–Kier alpha value is -3.65. The van der Waals surface area contributed by atoms with Crippen molar-refractivity contribution in [2.75, 3.05) is 0 Å². The minimum atomic E-state index is 0.0838. The molecule has 0 saturated heterocycles. The minimum absolute atomic E-state index is 0.0838. The van der Waals surface area contributed by atoms with Crippen LogP contribution >= 0.6 is 0 Å². The van der Waals surface area contributed by atoms with Gasteiger partial charge >= 0.3 is 0 Å². The molecule has 0 radical (unpaired) electrons. The first-order valence-electron chi connectivity index (χ1n) is 9.40. The highest BCUT2D eigenvalue weighted by Crippen LogP contribution is 2.35. The molecule has 0 N–H and O–H groups in total. The van der Waals surface area contributed by atoms with Crippen LogP contribution in [0.4, 0.5) is 0 Å². The first-order valence-corrected chi connectivity index (χ1v) is 9.40. The third-order valence-corrected chi connectivity index (χ3v) is 5.42. The fraction of sp³-hybridized carbons (Fsp3) is 0.0385. The van der Waals surface area contributed by atoms with E-state index in [9.17, 15) is 4.79 Å². The fourth-order valence-corrected chi connectivity index (χ4v) is 3.99. The third-order valence-electron chi connectivity index (χ3n) is 5.42. The zero-order valence-electron chi connectivity index (χ0n) is 15.6. The largest absolute Gasteiger partial charge is 0.343 e. The highest BCUT2D eigenvalue weighted by atomic mass is 16.1. The molecule has 5 aromatic rings. The lowest BCUT2D eigenvalue weighted by Crippen LogP contribution is -2.09. The van der Waals surface area contributed by atoms with E-state index in [-0.39, 0.29) is 5.43 Å². The molecule has 5 rings (SSSR count). The van der Waals surface area contributed by atoms with Gasteiger partial charge in [0.2, 0.25) is 0 Å². The number of hydrogen-bond acceptors (Lipinski definition) is 1. The van der Waals surface area contributed by atoms with Crippen molar-refractivity contribution in [3.05, 3.63) is 107 Å². The van der Waals surface area contributed by atoms with Crippen molar-refractivity contribution in [3.63, 3.8) is 0 Å². The van der Waals surface area contributed by atoms with Crippen molar-refractivity contribution in [1.29, 1.82) is 0 Å². The second-order valence-corrected chi connectivity index (χ2v) is 7.05. The van der Waals surface area contributed by atoms with Crippen LogP contribution in [0.25, 0.3) is 44.1 Å². The van der Waals surface area contributed by atoms with Crippen LogP contribution < -0.4 is 5.43 Å². The van der Waals surface area contributed by atoms with Crippen molar-refractivity contribution < 1.29 is 0 Å². The van der Waals surface area contributed by atoms with Gasteiger partial charge in [0.1, 0.15) is 0 Å². The molecular weight excluding hydrogens is 342 g/mol. The van der Waals surface area contributed by atoms with Crippen LogP contribution in [-0.2, 0) is 7.05 Å². The van der Waals surface area contributed by atoms with Gasteiger partial charge in [-0.2, -0.15) is 0 Å². The van der Waals surface area contributed by atoms with Crippen LogP contribution in [0, 0.1) is 0 Å². The summed E-state index contributed by atoms with van der Waals surface area (Å²) in [5.74, 6) is 0. The summed E-state index contributed by atoms with van der Waals surface area (Å²) in [6.45, 7) is 0. The summed E-state index contributed by atoms with van der Waals surface area (Å²) >= 11 is 0. The summed E-state index contributed by atoms with van der Waals surface area (Å²) in [6.07, 6.45) is 0. The topological polar surface area (TPSA) is 22.0 Å². The number of fused-ring (bicyclic) bond motifs is 2. The third kappa shape index (κ3) is 2.54. The zero-order chi connectivity index (χ0) is 19.1. The molecule has 0 atom stereocenters. The van der Waals surface area contributed by atoms with Gasteiger partial charge in [0.15, 0.2) is 5.43 Å². The van der Waals surface area contributed by atoms with Gasteiger partial charge in [-0.25, -0.2) is 0 Å². The molecule has 2 heteroatoms.